The van der Waals surface area contributed by atoms with Crippen molar-refractivity contribution in [3.05, 3.63) is 128 Å². The van der Waals surface area contributed by atoms with Gasteiger partial charge in [-0.15, -0.1) is 0 Å². The average molecular weight is 707 g/mol. The van der Waals surface area contributed by atoms with E-state index in [4.69, 9.17) is 0 Å². The lowest BCUT2D eigenvalue weighted by Gasteiger charge is -2.38. The monoisotopic (exact) mass is 707 g/mol. The van der Waals surface area contributed by atoms with E-state index in [1.54, 1.807) is 38.9 Å². The second-order valence-electron chi connectivity index (χ2n) is 18.0. The van der Waals surface area contributed by atoms with Crippen molar-refractivity contribution in [1.29, 1.82) is 0 Å². The lowest BCUT2D eigenvalue weighted by atomic mass is 9.29. The Hall–Kier alpha value is -3.06. The highest BCUT2D eigenvalue weighted by Crippen LogP contribution is 2.56. The molecule has 282 valence electrons. The SMILES string of the molecule is CCCCCCc1cc(CCCCCC)cc(C2(C)c3cc(C(C)CCC)c(C)cc3-c3cc(C)c(C(C)(CCC)B4Cc5ccccc5C4)cc32)c1. The van der Waals surface area contributed by atoms with Crippen molar-refractivity contribution >= 4 is 6.71 Å². The number of unbranched alkanes of at least 4 members (excludes halogenated alkanes) is 6. The maximum absolute atomic E-state index is 2.75. The van der Waals surface area contributed by atoms with E-state index in [1.165, 1.54) is 136 Å². The van der Waals surface area contributed by atoms with Crippen LogP contribution in [0.1, 0.15) is 193 Å². The molecule has 0 aromatic heterocycles. The largest absolute Gasteiger partial charge is 0.160 e. The molecule has 6 rings (SSSR count). The maximum atomic E-state index is 2.75. The summed E-state index contributed by atoms with van der Waals surface area (Å²) in [6.07, 6.45) is 20.1. The highest BCUT2D eigenvalue weighted by molar-refractivity contribution is 6.62. The molecule has 0 spiro atoms. The van der Waals surface area contributed by atoms with Gasteiger partial charge in [-0.25, -0.2) is 0 Å². The van der Waals surface area contributed by atoms with Gasteiger partial charge in [0.15, 0.2) is 6.71 Å². The summed E-state index contributed by atoms with van der Waals surface area (Å²) in [6, 6.07) is 27.8. The first-order valence-electron chi connectivity index (χ1n) is 22.1. The first-order chi connectivity index (χ1) is 25.6. The lowest BCUT2D eigenvalue weighted by Crippen LogP contribution is -2.43. The molecule has 1 heterocycles. The van der Waals surface area contributed by atoms with Crippen LogP contribution in [0.3, 0.4) is 0 Å². The van der Waals surface area contributed by atoms with Crippen LogP contribution in [0.4, 0.5) is 0 Å². The van der Waals surface area contributed by atoms with Crippen LogP contribution in [0.25, 0.3) is 11.1 Å². The van der Waals surface area contributed by atoms with Crippen LogP contribution in [0, 0.1) is 13.8 Å². The summed E-state index contributed by atoms with van der Waals surface area (Å²) in [5.74, 6) is 0.562. The van der Waals surface area contributed by atoms with Crippen LogP contribution in [-0.2, 0) is 36.2 Å². The third-order valence-electron chi connectivity index (χ3n) is 14.0. The molecule has 0 nitrogen and oxygen atoms in total. The van der Waals surface area contributed by atoms with E-state index >= 15 is 0 Å². The van der Waals surface area contributed by atoms with Gasteiger partial charge in [0.25, 0.3) is 0 Å². The molecule has 1 heteroatoms. The highest BCUT2D eigenvalue weighted by atomic mass is 14.5. The summed E-state index contributed by atoms with van der Waals surface area (Å²) in [4.78, 5) is 0. The molecule has 4 aromatic carbocycles. The van der Waals surface area contributed by atoms with Gasteiger partial charge in [0.05, 0.1) is 0 Å². The predicted octanol–water partition coefficient (Wildman–Crippen LogP) is 14.8. The Kier molecular flexibility index (Phi) is 12.8. The van der Waals surface area contributed by atoms with Gasteiger partial charge in [-0.2, -0.15) is 0 Å². The minimum absolute atomic E-state index is 0.116. The van der Waals surface area contributed by atoms with Crippen LogP contribution in [0.2, 0.25) is 0 Å². The molecular formula is C52H71B. The van der Waals surface area contributed by atoms with Gasteiger partial charge in [0.1, 0.15) is 0 Å². The van der Waals surface area contributed by atoms with Crippen LogP contribution < -0.4 is 0 Å². The Labute approximate surface area is 326 Å². The molecule has 0 saturated carbocycles. The number of fused-ring (bicyclic) bond motifs is 4. The standard InChI is InChI=1S/C52H71B/c1-10-14-16-18-23-40-30-41(24-19-17-15-11-2)32-44(31-40)52(9)49-33-45(37(5)22-12-3)38(6)28-46(49)47-29-39(7)48(34-50(47)52)51(8,27-13-4)53-35-42-25-20-21-26-43(42)36-53/h20-21,25-26,28-34,37H,10-19,22-24,27,35-36H2,1-9H3. The fourth-order valence-corrected chi connectivity index (χ4v) is 10.8. The summed E-state index contributed by atoms with van der Waals surface area (Å²) >= 11 is 0. The molecule has 3 unspecified atom stereocenters. The summed E-state index contributed by atoms with van der Waals surface area (Å²) in [7, 11) is 0. The van der Waals surface area contributed by atoms with E-state index in [1.807, 2.05) is 0 Å². The third-order valence-corrected chi connectivity index (χ3v) is 14.0. The Morgan fingerprint density at radius 2 is 1.23 bits per heavy atom. The van der Waals surface area contributed by atoms with Crippen LogP contribution in [0.5, 0.6) is 0 Å². The molecule has 0 N–H and O–H groups in total. The van der Waals surface area contributed by atoms with Crippen molar-refractivity contribution in [3.63, 3.8) is 0 Å². The Balaban J connectivity index is 1.54. The number of hydrogen-bond donors (Lipinski definition) is 0. The van der Waals surface area contributed by atoms with Crippen LogP contribution in [-0.4, -0.2) is 6.71 Å². The van der Waals surface area contributed by atoms with E-state index in [-0.39, 0.29) is 10.7 Å². The molecule has 53 heavy (non-hydrogen) atoms. The zero-order valence-electron chi connectivity index (χ0n) is 35.3. The van der Waals surface area contributed by atoms with E-state index in [2.05, 4.69) is 129 Å². The smallest absolute Gasteiger partial charge is 0.0654 e. The van der Waals surface area contributed by atoms with Gasteiger partial charge in [-0.1, -0.05) is 177 Å². The van der Waals surface area contributed by atoms with Crippen molar-refractivity contribution in [1.82, 2.24) is 0 Å². The molecule has 0 saturated heterocycles. The quantitative estimate of drug-likeness (QED) is 0.0714. The number of aryl methyl sites for hydroxylation is 4. The molecule has 0 bridgehead atoms. The van der Waals surface area contributed by atoms with E-state index in [0.717, 1.165) is 0 Å². The molecule has 0 amide bonds. The van der Waals surface area contributed by atoms with Crippen molar-refractivity contribution in [2.24, 2.45) is 0 Å². The molecule has 3 atom stereocenters. The van der Waals surface area contributed by atoms with Gasteiger partial charge in [0.2, 0.25) is 0 Å². The summed E-state index contributed by atoms with van der Waals surface area (Å²) < 4.78 is 0. The fourth-order valence-electron chi connectivity index (χ4n) is 10.8. The average Bonchev–Trinajstić information content (AvgIpc) is 3.69. The van der Waals surface area contributed by atoms with Crippen molar-refractivity contribution < 1.29 is 0 Å². The van der Waals surface area contributed by atoms with E-state index in [9.17, 15) is 0 Å². The first kappa shape index (κ1) is 39.6. The lowest BCUT2D eigenvalue weighted by molar-refractivity contribution is 0.568. The molecule has 4 aromatic rings. The van der Waals surface area contributed by atoms with Crippen LogP contribution >= 0.6 is 0 Å². The zero-order chi connectivity index (χ0) is 37.8. The van der Waals surface area contributed by atoms with Crippen molar-refractivity contribution in [2.75, 3.05) is 0 Å². The zero-order valence-corrected chi connectivity index (χ0v) is 35.3. The van der Waals surface area contributed by atoms with Gasteiger partial charge in [-0.05, 0) is 138 Å². The molecule has 1 aliphatic heterocycles. The second-order valence-corrected chi connectivity index (χ2v) is 18.0. The number of rotatable bonds is 18. The molecular weight excluding hydrogens is 635 g/mol. The number of hydrogen-bond acceptors (Lipinski definition) is 0. The third kappa shape index (κ3) is 7.89. The summed E-state index contributed by atoms with van der Waals surface area (Å²) in [5, 5.41) is 0.116. The van der Waals surface area contributed by atoms with E-state index < -0.39 is 0 Å². The fraction of sp³-hybridized carbons (Fsp3) is 0.538. The predicted molar refractivity (Wildman–Crippen MR) is 234 cm³/mol. The number of benzene rings is 4. The summed E-state index contributed by atoms with van der Waals surface area (Å²) in [6.45, 7) is 22.5. The Morgan fingerprint density at radius 3 is 1.77 bits per heavy atom. The van der Waals surface area contributed by atoms with Crippen molar-refractivity contribution in [2.45, 2.75) is 181 Å². The van der Waals surface area contributed by atoms with Gasteiger partial charge < -0.3 is 0 Å². The summed E-state index contributed by atoms with van der Waals surface area (Å²) in [5.41, 5.74) is 19.7. The molecule has 2 aliphatic rings. The van der Waals surface area contributed by atoms with Gasteiger partial charge in [0, 0.05) is 5.41 Å². The first-order valence-corrected chi connectivity index (χ1v) is 22.1. The van der Waals surface area contributed by atoms with Crippen LogP contribution in [0.15, 0.2) is 66.7 Å². The molecule has 1 aliphatic carbocycles. The Bertz CT molecular complexity index is 1810. The molecule has 0 radical (unpaired) electrons. The molecule has 0 fully saturated rings. The minimum Gasteiger partial charge on any atom is -0.0654 e. The second kappa shape index (κ2) is 17.2. The van der Waals surface area contributed by atoms with Gasteiger partial charge >= 0.3 is 0 Å². The maximum Gasteiger partial charge on any atom is 0.160 e. The minimum atomic E-state index is -0.204. The topological polar surface area (TPSA) is 0 Å². The Morgan fingerprint density at radius 1 is 0.660 bits per heavy atom. The van der Waals surface area contributed by atoms with E-state index in [0.29, 0.717) is 12.6 Å². The van der Waals surface area contributed by atoms with Gasteiger partial charge in [-0.3, -0.25) is 0 Å². The van der Waals surface area contributed by atoms with Crippen molar-refractivity contribution in [3.8, 4) is 11.1 Å². The normalized spacial score (nSPS) is 17.8. The highest BCUT2D eigenvalue weighted by Gasteiger charge is 2.46.